The number of benzene rings is 1. The Morgan fingerprint density at radius 3 is 2.79 bits per heavy atom. The number of nitrogens with one attached hydrogen (secondary N) is 1. The minimum atomic E-state index is -0.362. The van der Waals surface area contributed by atoms with E-state index < -0.39 is 0 Å². The molecule has 3 rings (SSSR count). The van der Waals surface area contributed by atoms with Crippen molar-refractivity contribution in [2.75, 3.05) is 7.11 Å². The molecule has 0 amide bonds. The SMILES string of the molecule is CCn1c(=O)[nH]c2sc(C=Cc3cccc(OC)c3)c(C)c2c1=O. The van der Waals surface area contributed by atoms with Gasteiger partial charge in [-0.15, -0.1) is 11.3 Å². The van der Waals surface area contributed by atoms with Crippen LogP contribution in [0.2, 0.25) is 0 Å². The van der Waals surface area contributed by atoms with E-state index in [-0.39, 0.29) is 11.2 Å². The maximum Gasteiger partial charge on any atom is 0.329 e. The summed E-state index contributed by atoms with van der Waals surface area (Å²) >= 11 is 1.41. The molecule has 0 radical (unpaired) electrons. The van der Waals surface area contributed by atoms with Crippen LogP contribution in [0.25, 0.3) is 22.4 Å². The molecule has 124 valence electrons. The van der Waals surface area contributed by atoms with Gasteiger partial charge in [-0.05, 0) is 43.2 Å². The topological polar surface area (TPSA) is 64.1 Å². The predicted octanol–water partition coefficient (Wildman–Crippen LogP) is 3.26. The molecule has 1 N–H and O–H groups in total. The first kappa shape index (κ1) is 16.3. The number of aromatic nitrogens is 2. The van der Waals surface area contributed by atoms with Gasteiger partial charge in [0, 0.05) is 11.4 Å². The molecule has 3 aromatic rings. The molecule has 24 heavy (non-hydrogen) atoms. The van der Waals surface area contributed by atoms with E-state index in [9.17, 15) is 9.59 Å². The molecule has 0 aliphatic rings. The molecular formula is C18H18N2O3S. The first-order valence-electron chi connectivity index (χ1n) is 7.63. The van der Waals surface area contributed by atoms with Gasteiger partial charge in [0.1, 0.15) is 10.6 Å². The van der Waals surface area contributed by atoms with E-state index in [4.69, 9.17) is 4.74 Å². The number of nitrogens with zero attached hydrogens (tertiary/aromatic N) is 1. The number of rotatable bonds is 4. The molecule has 1 aromatic carbocycles. The minimum absolute atomic E-state index is 0.231. The maximum absolute atomic E-state index is 12.5. The van der Waals surface area contributed by atoms with Crippen molar-refractivity contribution in [3.63, 3.8) is 0 Å². The fourth-order valence-corrected chi connectivity index (χ4v) is 3.72. The van der Waals surface area contributed by atoms with Crippen LogP contribution in [0.1, 0.15) is 22.9 Å². The number of fused-ring (bicyclic) bond motifs is 1. The van der Waals surface area contributed by atoms with Gasteiger partial charge in [0.2, 0.25) is 0 Å². The Balaban J connectivity index is 2.09. The number of aryl methyl sites for hydroxylation is 1. The molecule has 0 saturated carbocycles. The Bertz CT molecular complexity index is 1040. The third-order valence-electron chi connectivity index (χ3n) is 3.95. The maximum atomic E-state index is 12.5. The van der Waals surface area contributed by atoms with Gasteiger partial charge in [-0.25, -0.2) is 4.79 Å². The molecule has 0 aliphatic heterocycles. The fourth-order valence-electron chi connectivity index (χ4n) is 2.63. The molecular weight excluding hydrogens is 324 g/mol. The fraction of sp³-hybridized carbons (Fsp3) is 0.222. The average molecular weight is 342 g/mol. The molecule has 0 bridgehead atoms. The summed E-state index contributed by atoms with van der Waals surface area (Å²) in [7, 11) is 1.63. The zero-order chi connectivity index (χ0) is 17.3. The van der Waals surface area contributed by atoms with Gasteiger partial charge in [-0.2, -0.15) is 0 Å². The predicted molar refractivity (Wildman–Crippen MR) is 99.0 cm³/mol. The monoisotopic (exact) mass is 342 g/mol. The quantitative estimate of drug-likeness (QED) is 0.791. The lowest BCUT2D eigenvalue weighted by molar-refractivity contribution is 0.414. The summed E-state index contributed by atoms with van der Waals surface area (Å²) in [6.45, 7) is 4.05. The number of aromatic amines is 1. The van der Waals surface area contributed by atoms with E-state index >= 15 is 0 Å². The van der Waals surface area contributed by atoms with Gasteiger partial charge in [0.15, 0.2) is 0 Å². The zero-order valence-electron chi connectivity index (χ0n) is 13.8. The number of hydrogen-bond donors (Lipinski definition) is 1. The summed E-state index contributed by atoms with van der Waals surface area (Å²) < 4.78 is 6.44. The second kappa shape index (κ2) is 6.49. The van der Waals surface area contributed by atoms with Crippen LogP contribution in [0.5, 0.6) is 5.75 Å². The molecule has 0 spiro atoms. The van der Waals surface area contributed by atoms with Crippen LogP contribution in [0.4, 0.5) is 0 Å². The van der Waals surface area contributed by atoms with Gasteiger partial charge in [0.25, 0.3) is 5.56 Å². The van der Waals surface area contributed by atoms with E-state index in [1.165, 1.54) is 15.9 Å². The van der Waals surface area contributed by atoms with Crippen molar-refractivity contribution in [2.24, 2.45) is 0 Å². The van der Waals surface area contributed by atoms with E-state index in [0.717, 1.165) is 21.8 Å². The summed E-state index contributed by atoms with van der Waals surface area (Å²) in [5, 5.41) is 0.590. The normalized spacial score (nSPS) is 11.5. The molecule has 2 aromatic heterocycles. The molecule has 5 nitrogen and oxygen atoms in total. The van der Waals surface area contributed by atoms with Crippen LogP contribution in [0.15, 0.2) is 33.9 Å². The van der Waals surface area contributed by atoms with Crippen LogP contribution in [-0.4, -0.2) is 16.7 Å². The molecule has 0 unspecified atom stereocenters. The van der Waals surface area contributed by atoms with Crippen LogP contribution < -0.4 is 16.0 Å². The van der Waals surface area contributed by atoms with Gasteiger partial charge in [-0.3, -0.25) is 14.3 Å². The molecule has 2 heterocycles. The second-order valence-electron chi connectivity index (χ2n) is 5.38. The minimum Gasteiger partial charge on any atom is -0.497 e. The average Bonchev–Trinajstić information content (AvgIpc) is 2.89. The highest BCUT2D eigenvalue weighted by Gasteiger charge is 2.13. The number of methoxy groups -OCH3 is 1. The van der Waals surface area contributed by atoms with Gasteiger partial charge in [0.05, 0.1) is 12.5 Å². The largest absolute Gasteiger partial charge is 0.497 e. The number of ether oxygens (including phenoxy) is 1. The Labute approximate surface area is 142 Å². The Hall–Kier alpha value is -2.60. The number of hydrogen-bond acceptors (Lipinski definition) is 4. The molecule has 0 fully saturated rings. The lowest BCUT2D eigenvalue weighted by atomic mass is 10.1. The molecule has 6 heteroatoms. The van der Waals surface area contributed by atoms with E-state index in [2.05, 4.69) is 4.98 Å². The van der Waals surface area contributed by atoms with E-state index in [1.54, 1.807) is 14.0 Å². The summed E-state index contributed by atoms with van der Waals surface area (Å²) in [4.78, 5) is 28.8. The van der Waals surface area contributed by atoms with Crippen molar-refractivity contribution in [3.8, 4) is 5.75 Å². The smallest absolute Gasteiger partial charge is 0.329 e. The summed E-state index contributed by atoms with van der Waals surface area (Å²) in [6, 6.07) is 7.73. The van der Waals surface area contributed by atoms with Crippen LogP contribution >= 0.6 is 11.3 Å². The van der Waals surface area contributed by atoms with Crippen LogP contribution in [0.3, 0.4) is 0 Å². The third kappa shape index (κ3) is 2.80. The van der Waals surface area contributed by atoms with Crippen LogP contribution in [-0.2, 0) is 6.54 Å². The first-order valence-corrected chi connectivity index (χ1v) is 8.45. The summed E-state index contributed by atoms with van der Waals surface area (Å²) in [6.07, 6.45) is 3.93. The number of thiophene rings is 1. The summed E-state index contributed by atoms with van der Waals surface area (Å²) in [5.41, 5.74) is 1.30. The second-order valence-corrected chi connectivity index (χ2v) is 6.44. The van der Waals surface area contributed by atoms with Crippen molar-refractivity contribution in [3.05, 3.63) is 61.1 Å². The standard InChI is InChI=1S/C18H18N2O3S/c1-4-20-17(21)15-11(2)14(24-16(15)19-18(20)22)9-8-12-6-5-7-13(10-12)23-3/h5-10H,4H2,1-3H3,(H,19,22). The highest BCUT2D eigenvalue weighted by Crippen LogP contribution is 2.28. The molecule has 0 atom stereocenters. The van der Waals surface area contributed by atoms with Gasteiger partial charge in [-0.1, -0.05) is 18.2 Å². The van der Waals surface area contributed by atoms with E-state index in [0.29, 0.717) is 16.8 Å². The Kier molecular flexibility index (Phi) is 4.40. The molecule has 0 saturated heterocycles. The zero-order valence-corrected chi connectivity index (χ0v) is 14.6. The van der Waals surface area contributed by atoms with Crippen LogP contribution in [0, 0.1) is 6.92 Å². The van der Waals surface area contributed by atoms with Crippen molar-refractivity contribution >= 4 is 33.7 Å². The van der Waals surface area contributed by atoms with Crippen molar-refractivity contribution in [1.82, 2.24) is 9.55 Å². The highest BCUT2D eigenvalue weighted by atomic mass is 32.1. The number of H-pyrrole nitrogens is 1. The van der Waals surface area contributed by atoms with Gasteiger partial charge < -0.3 is 4.74 Å². The Morgan fingerprint density at radius 1 is 1.29 bits per heavy atom. The Morgan fingerprint density at radius 2 is 2.08 bits per heavy atom. The van der Waals surface area contributed by atoms with E-state index in [1.807, 2.05) is 43.3 Å². The van der Waals surface area contributed by atoms with Gasteiger partial charge >= 0.3 is 5.69 Å². The lowest BCUT2D eigenvalue weighted by Gasteiger charge is -2.00. The van der Waals surface area contributed by atoms with Crippen molar-refractivity contribution < 1.29 is 4.74 Å². The molecule has 0 aliphatic carbocycles. The third-order valence-corrected chi connectivity index (χ3v) is 5.12. The van der Waals surface area contributed by atoms with Crippen molar-refractivity contribution in [1.29, 1.82) is 0 Å². The lowest BCUT2D eigenvalue weighted by Crippen LogP contribution is -2.34. The highest BCUT2D eigenvalue weighted by molar-refractivity contribution is 7.19. The first-order chi connectivity index (χ1) is 11.5. The summed E-state index contributed by atoms with van der Waals surface area (Å²) in [5.74, 6) is 0.792. The van der Waals surface area contributed by atoms with Crippen molar-refractivity contribution in [2.45, 2.75) is 20.4 Å².